The summed E-state index contributed by atoms with van der Waals surface area (Å²) in [5, 5.41) is 3.65. The number of ether oxygens (including phenoxy) is 1. The second-order valence-electron chi connectivity index (χ2n) is 4.33. The lowest BCUT2D eigenvalue weighted by Gasteiger charge is -2.08. The summed E-state index contributed by atoms with van der Waals surface area (Å²) in [4.78, 5) is 10.5. The molecule has 0 aliphatic heterocycles. The van der Waals surface area contributed by atoms with E-state index in [0.29, 0.717) is 21.3 Å². The van der Waals surface area contributed by atoms with Crippen LogP contribution < -0.4 is 15.9 Å². The van der Waals surface area contributed by atoms with Crippen LogP contribution in [0.3, 0.4) is 0 Å². The summed E-state index contributed by atoms with van der Waals surface area (Å²) < 4.78 is 19.9. The maximum atomic E-state index is 13.7. The fraction of sp³-hybridized carbons (Fsp3) is 0.0667. The van der Waals surface area contributed by atoms with Crippen molar-refractivity contribution in [3.05, 3.63) is 63.9 Å². The summed E-state index contributed by atoms with van der Waals surface area (Å²) in [5.41, 5.74) is 8.16. The number of urea groups is 1. The van der Waals surface area contributed by atoms with Crippen molar-refractivity contribution in [1.29, 1.82) is 0 Å². The molecule has 0 fully saturated rings. The number of amides is 2. The van der Waals surface area contributed by atoms with Gasteiger partial charge in [-0.05, 0) is 29.8 Å². The van der Waals surface area contributed by atoms with Crippen molar-refractivity contribution in [1.82, 2.24) is 5.43 Å². The van der Waals surface area contributed by atoms with Crippen molar-refractivity contribution < 1.29 is 13.9 Å². The summed E-state index contributed by atoms with van der Waals surface area (Å²) in [6.07, 6.45) is 1.43. The van der Waals surface area contributed by atoms with E-state index in [2.05, 4.69) is 26.5 Å². The number of hydrogen-bond donors (Lipinski definition) is 2. The average molecular weight is 366 g/mol. The molecule has 22 heavy (non-hydrogen) atoms. The van der Waals surface area contributed by atoms with E-state index in [4.69, 9.17) is 10.5 Å². The first-order valence-corrected chi connectivity index (χ1v) is 7.09. The SMILES string of the molecule is NC(=O)NN=Cc1cccc(OCc2ccc(Br)cc2F)c1. The highest BCUT2D eigenvalue weighted by atomic mass is 79.9. The number of carbonyl (C=O) groups is 1. The van der Waals surface area contributed by atoms with E-state index >= 15 is 0 Å². The predicted molar refractivity (Wildman–Crippen MR) is 85.2 cm³/mol. The minimum absolute atomic E-state index is 0.110. The number of primary amides is 1. The van der Waals surface area contributed by atoms with E-state index < -0.39 is 6.03 Å². The van der Waals surface area contributed by atoms with Crippen molar-refractivity contribution in [2.75, 3.05) is 0 Å². The zero-order valence-corrected chi connectivity index (χ0v) is 13.0. The molecular formula is C15H13BrFN3O2. The minimum Gasteiger partial charge on any atom is -0.489 e. The van der Waals surface area contributed by atoms with E-state index in [9.17, 15) is 9.18 Å². The summed E-state index contributed by atoms with van der Waals surface area (Å²) in [6, 6.07) is 11.0. The molecule has 2 aromatic rings. The van der Waals surface area contributed by atoms with Crippen molar-refractivity contribution >= 4 is 28.2 Å². The van der Waals surface area contributed by atoms with Crippen LogP contribution >= 0.6 is 15.9 Å². The standard InChI is InChI=1S/C15H13BrFN3O2/c16-12-5-4-11(14(17)7-12)9-22-13-3-1-2-10(6-13)8-19-20-15(18)21/h1-8H,9H2,(H3,18,20,21). The van der Waals surface area contributed by atoms with Crippen molar-refractivity contribution in [2.45, 2.75) is 6.61 Å². The molecule has 0 heterocycles. The first-order chi connectivity index (χ1) is 10.5. The number of nitrogens with two attached hydrogens (primary N) is 1. The molecule has 2 amide bonds. The molecule has 0 bridgehead atoms. The van der Waals surface area contributed by atoms with E-state index in [1.54, 1.807) is 36.4 Å². The third-order valence-electron chi connectivity index (χ3n) is 2.66. The molecule has 3 N–H and O–H groups in total. The Hall–Kier alpha value is -2.41. The Labute approximate surface area is 135 Å². The maximum Gasteiger partial charge on any atom is 0.332 e. The van der Waals surface area contributed by atoms with Gasteiger partial charge in [0.15, 0.2) is 0 Å². The third-order valence-corrected chi connectivity index (χ3v) is 3.15. The molecule has 0 aromatic heterocycles. The lowest BCUT2D eigenvalue weighted by Crippen LogP contribution is -2.24. The molecule has 0 atom stereocenters. The van der Waals surface area contributed by atoms with Crippen molar-refractivity contribution in [2.24, 2.45) is 10.8 Å². The van der Waals surface area contributed by atoms with Gasteiger partial charge in [-0.25, -0.2) is 14.6 Å². The first-order valence-electron chi connectivity index (χ1n) is 6.30. The van der Waals surface area contributed by atoms with Crippen LogP contribution in [0.15, 0.2) is 52.0 Å². The van der Waals surface area contributed by atoms with Crippen LogP contribution in [0.5, 0.6) is 5.75 Å². The molecule has 0 aliphatic carbocycles. The van der Waals surface area contributed by atoms with Gasteiger partial charge in [-0.3, -0.25) is 0 Å². The molecule has 0 radical (unpaired) electrons. The number of nitrogens with zero attached hydrogens (tertiary/aromatic N) is 1. The number of rotatable bonds is 5. The number of halogens is 2. The molecule has 7 heteroatoms. The molecule has 0 aliphatic rings. The first kappa shape index (κ1) is 16.0. The second-order valence-corrected chi connectivity index (χ2v) is 5.25. The van der Waals surface area contributed by atoms with Crippen LogP contribution in [0.4, 0.5) is 9.18 Å². The van der Waals surface area contributed by atoms with Gasteiger partial charge < -0.3 is 10.5 Å². The normalized spacial score (nSPS) is 10.6. The number of nitrogens with one attached hydrogen (secondary N) is 1. The lowest BCUT2D eigenvalue weighted by molar-refractivity contribution is 0.249. The quantitative estimate of drug-likeness (QED) is 0.630. The smallest absolute Gasteiger partial charge is 0.332 e. The Kier molecular flexibility index (Phi) is 5.48. The average Bonchev–Trinajstić information content (AvgIpc) is 2.46. The highest BCUT2D eigenvalue weighted by Gasteiger charge is 2.04. The molecule has 2 rings (SSSR count). The summed E-state index contributed by atoms with van der Waals surface area (Å²) in [7, 11) is 0. The third kappa shape index (κ3) is 4.85. The van der Waals surface area contributed by atoms with Crippen molar-refractivity contribution in [3.8, 4) is 5.75 Å². The minimum atomic E-state index is -0.741. The van der Waals surface area contributed by atoms with Gasteiger partial charge in [0.1, 0.15) is 18.2 Å². The molecule has 0 saturated carbocycles. The van der Waals surface area contributed by atoms with E-state index in [0.717, 1.165) is 0 Å². The highest BCUT2D eigenvalue weighted by Crippen LogP contribution is 2.18. The van der Waals surface area contributed by atoms with Crippen LogP contribution in [-0.2, 0) is 6.61 Å². The molecule has 5 nitrogen and oxygen atoms in total. The summed E-state index contributed by atoms with van der Waals surface area (Å²) >= 11 is 3.20. The van der Waals surface area contributed by atoms with Gasteiger partial charge in [-0.1, -0.05) is 34.1 Å². The van der Waals surface area contributed by atoms with Gasteiger partial charge in [-0.15, -0.1) is 0 Å². The summed E-state index contributed by atoms with van der Waals surface area (Å²) in [5.74, 6) is 0.225. The van der Waals surface area contributed by atoms with E-state index in [1.165, 1.54) is 12.3 Å². The number of carbonyl (C=O) groups excluding carboxylic acids is 1. The van der Waals surface area contributed by atoms with Crippen LogP contribution in [-0.4, -0.2) is 12.2 Å². The van der Waals surface area contributed by atoms with Crippen molar-refractivity contribution in [3.63, 3.8) is 0 Å². The summed E-state index contributed by atoms with van der Waals surface area (Å²) in [6.45, 7) is 0.110. The number of benzene rings is 2. The van der Waals surface area contributed by atoms with E-state index in [1.807, 2.05) is 0 Å². The van der Waals surface area contributed by atoms with Crippen LogP contribution in [0.25, 0.3) is 0 Å². The lowest BCUT2D eigenvalue weighted by atomic mass is 10.2. The van der Waals surface area contributed by atoms with Crippen LogP contribution in [0.2, 0.25) is 0 Å². The van der Waals surface area contributed by atoms with E-state index in [-0.39, 0.29) is 12.4 Å². The second kappa shape index (κ2) is 7.56. The van der Waals surface area contributed by atoms with Crippen LogP contribution in [0, 0.1) is 5.82 Å². The Morgan fingerprint density at radius 3 is 2.91 bits per heavy atom. The molecule has 0 spiro atoms. The van der Waals surface area contributed by atoms with Gasteiger partial charge in [0.05, 0.1) is 6.21 Å². The largest absolute Gasteiger partial charge is 0.489 e. The highest BCUT2D eigenvalue weighted by molar-refractivity contribution is 9.10. The predicted octanol–water partition coefficient (Wildman–Crippen LogP) is 3.17. The Morgan fingerprint density at radius 2 is 2.18 bits per heavy atom. The Bertz CT molecular complexity index is 707. The fourth-order valence-corrected chi connectivity index (χ4v) is 1.99. The van der Waals surface area contributed by atoms with Gasteiger partial charge in [0.25, 0.3) is 0 Å². The van der Waals surface area contributed by atoms with Crippen LogP contribution in [0.1, 0.15) is 11.1 Å². The number of hydrogen-bond acceptors (Lipinski definition) is 3. The molecule has 114 valence electrons. The topological polar surface area (TPSA) is 76.7 Å². The number of hydrazone groups is 1. The maximum absolute atomic E-state index is 13.7. The van der Waals surface area contributed by atoms with Gasteiger partial charge in [-0.2, -0.15) is 5.10 Å². The fourth-order valence-electron chi connectivity index (χ4n) is 1.65. The zero-order valence-electron chi connectivity index (χ0n) is 11.4. The van der Waals surface area contributed by atoms with Gasteiger partial charge in [0.2, 0.25) is 0 Å². The molecule has 0 unspecified atom stereocenters. The van der Waals surface area contributed by atoms with Gasteiger partial charge >= 0.3 is 6.03 Å². The Balaban J connectivity index is 2.01. The zero-order chi connectivity index (χ0) is 15.9. The Morgan fingerprint density at radius 1 is 1.36 bits per heavy atom. The monoisotopic (exact) mass is 365 g/mol. The molecule has 0 saturated heterocycles. The molecule has 2 aromatic carbocycles. The molecular weight excluding hydrogens is 353 g/mol. The van der Waals surface area contributed by atoms with Gasteiger partial charge in [0, 0.05) is 10.0 Å².